The standard InChI is InChI=1S/C13H15N3O2S2/c1-8-9(2)19-5-3-15(8)11(17)10-7-14-13-16(12(10)18)4-6-20-13/h4,6-9H,3,5H2,1-2H3. The zero-order valence-corrected chi connectivity index (χ0v) is 12.9. The first-order chi connectivity index (χ1) is 9.59. The van der Waals surface area contributed by atoms with E-state index in [1.54, 1.807) is 16.5 Å². The first-order valence-electron chi connectivity index (χ1n) is 6.47. The summed E-state index contributed by atoms with van der Waals surface area (Å²) in [5, 5.41) is 2.17. The summed E-state index contributed by atoms with van der Waals surface area (Å²) in [6.07, 6.45) is 3.07. The lowest BCUT2D eigenvalue weighted by atomic mass is 10.1. The van der Waals surface area contributed by atoms with Gasteiger partial charge in [-0.2, -0.15) is 11.8 Å². The summed E-state index contributed by atoms with van der Waals surface area (Å²) in [4.78, 5) is 31.5. The molecular weight excluding hydrogens is 294 g/mol. The number of nitrogens with zero attached hydrogens (tertiary/aromatic N) is 3. The third kappa shape index (κ3) is 2.14. The van der Waals surface area contributed by atoms with Crippen LogP contribution < -0.4 is 5.56 Å². The van der Waals surface area contributed by atoms with Crippen molar-refractivity contribution in [3.8, 4) is 0 Å². The van der Waals surface area contributed by atoms with E-state index >= 15 is 0 Å². The summed E-state index contributed by atoms with van der Waals surface area (Å²) < 4.78 is 1.44. The second kappa shape index (κ2) is 5.21. The van der Waals surface area contributed by atoms with Crippen molar-refractivity contribution in [2.75, 3.05) is 12.3 Å². The maximum Gasteiger partial charge on any atom is 0.271 e. The molecule has 3 heterocycles. The summed E-state index contributed by atoms with van der Waals surface area (Å²) in [7, 11) is 0. The number of carbonyl (C=O) groups excluding carboxylic acids is 1. The number of thioether (sulfide) groups is 1. The molecule has 2 unspecified atom stereocenters. The highest BCUT2D eigenvalue weighted by atomic mass is 32.2. The molecule has 1 aliphatic rings. The molecule has 1 aliphatic heterocycles. The van der Waals surface area contributed by atoms with Crippen molar-refractivity contribution in [2.45, 2.75) is 25.1 Å². The van der Waals surface area contributed by atoms with E-state index in [2.05, 4.69) is 11.9 Å². The van der Waals surface area contributed by atoms with Crippen LogP contribution in [0.15, 0.2) is 22.6 Å². The molecule has 1 saturated heterocycles. The van der Waals surface area contributed by atoms with Gasteiger partial charge in [0.2, 0.25) is 0 Å². The van der Waals surface area contributed by atoms with Crippen molar-refractivity contribution in [3.63, 3.8) is 0 Å². The SMILES string of the molecule is CC1SCCN(C(=O)c2cnc3sccn3c2=O)C1C. The summed E-state index contributed by atoms with van der Waals surface area (Å²) in [6.45, 7) is 4.83. The van der Waals surface area contributed by atoms with E-state index in [1.807, 2.05) is 18.7 Å². The first kappa shape index (κ1) is 13.6. The van der Waals surface area contributed by atoms with Gasteiger partial charge >= 0.3 is 0 Å². The number of aromatic nitrogens is 2. The molecule has 106 valence electrons. The summed E-state index contributed by atoms with van der Waals surface area (Å²) in [5.41, 5.74) is -0.119. The van der Waals surface area contributed by atoms with E-state index in [9.17, 15) is 9.59 Å². The Kier molecular flexibility index (Phi) is 3.55. The Morgan fingerprint density at radius 2 is 2.25 bits per heavy atom. The predicted molar refractivity (Wildman–Crippen MR) is 81.8 cm³/mol. The van der Waals surface area contributed by atoms with Crippen molar-refractivity contribution < 1.29 is 4.79 Å². The van der Waals surface area contributed by atoms with Crippen LogP contribution >= 0.6 is 23.1 Å². The van der Waals surface area contributed by atoms with Crippen LogP contribution in [0.25, 0.3) is 4.96 Å². The van der Waals surface area contributed by atoms with E-state index in [0.717, 1.165) is 5.75 Å². The smallest absolute Gasteiger partial charge is 0.271 e. The molecule has 0 aliphatic carbocycles. The molecule has 0 radical (unpaired) electrons. The fourth-order valence-electron chi connectivity index (χ4n) is 2.35. The van der Waals surface area contributed by atoms with Crippen LogP contribution in [0, 0.1) is 0 Å². The zero-order valence-electron chi connectivity index (χ0n) is 11.3. The molecule has 2 aromatic rings. The lowest BCUT2D eigenvalue weighted by molar-refractivity contribution is 0.0695. The molecule has 1 fully saturated rings. The first-order valence-corrected chi connectivity index (χ1v) is 8.40. The lowest BCUT2D eigenvalue weighted by Crippen LogP contribution is -2.49. The van der Waals surface area contributed by atoms with E-state index in [0.29, 0.717) is 16.8 Å². The van der Waals surface area contributed by atoms with Crippen molar-refractivity contribution >= 4 is 34.0 Å². The maximum atomic E-state index is 12.6. The minimum Gasteiger partial charge on any atom is -0.334 e. The summed E-state index contributed by atoms with van der Waals surface area (Å²) in [6, 6.07) is 0.129. The molecule has 0 bridgehead atoms. The van der Waals surface area contributed by atoms with Crippen LogP contribution in [0.4, 0.5) is 0 Å². The van der Waals surface area contributed by atoms with Gasteiger partial charge in [0.25, 0.3) is 11.5 Å². The number of hydrogen-bond acceptors (Lipinski definition) is 5. The average Bonchev–Trinajstić information content (AvgIpc) is 2.91. The van der Waals surface area contributed by atoms with Crippen LogP contribution in [0.1, 0.15) is 24.2 Å². The van der Waals surface area contributed by atoms with Crippen LogP contribution in [0.3, 0.4) is 0 Å². The highest BCUT2D eigenvalue weighted by molar-refractivity contribution is 8.00. The molecule has 0 saturated carbocycles. The van der Waals surface area contributed by atoms with Gasteiger partial charge in [-0.25, -0.2) is 4.98 Å². The van der Waals surface area contributed by atoms with Crippen molar-refractivity contribution in [1.82, 2.24) is 14.3 Å². The molecule has 7 heteroatoms. The van der Waals surface area contributed by atoms with E-state index < -0.39 is 0 Å². The molecule has 2 aromatic heterocycles. The fraction of sp³-hybridized carbons (Fsp3) is 0.462. The molecular formula is C13H15N3O2S2. The minimum atomic E-state index is -0.278. The molecule has 5 nitrogen and oxygen atoms in total. The van der Waals surface area contributed by atoms with Gasteiger partial charge in [0.1, 0.15) is 5.56 Å². The highest BCUT2D eigenvalue weighted by Gasteiger charge is 2.31. The molecule has 20 heavy (non-hydrogen) atoms. The molecule has 0 aromatic carbocycles. The van der Waals surface area contributed by atoms with Crippen LogP contribution in [0.5, 0.6) is 0 Å². The lowest BCUT2D eigenvalue weighted by Gasteiger charge is -2.37. The maximum absolute atomic E-state index is 12.6. The third-order valence-electron chi connectivity index (χ3n) is 3.72. The Morgan fingerprint density at radius 1 is 1.45 bits per heavy atom. The Balaban J connectivity index is 2.00. The number of rotatable bonds is 1. The van der Waals surface area contributed by atoms with Gasteiger partial charge in [-0.1, -0.05) is 6.92 Å². The molecule has 0 N–H and O–H groups in total. The quantitative estimate of drug-likeness (QED) is 0.805. The minimum absolute atomic E-state index is 0.129. The van der Waals surface area contributed by atoms with Crippen molar-refractivity contribution in [2.24, 2.45) is 0 Å². The Hall–Kier alpha value is -1.34. The molecule has 1 amide bonds. The Morgan fingerprint density at radius 3 is 3.05 bits per heavy atom. The van der Waals surface area contributed by atoms with Gasteiger partial charge in [-0.05, 0) is 6.92 Å². The van der Waals surface area contributed by atoms with Crippen LogP contribution in [-0.4, -0.2) is 43.8 Å². The average molecular weight is 309 g/mol. The molecule has 0 spiro atoms. The monoisotopic (exact) mass is 309 g/mol. The Labute approximate surface area is 124 Å². The van der Waals surface area contributed by atoms with E-state index in [4.69, 9.17) is 0 Å². The van der Waals surface area contributed by atoms with Crippen molar-refractivity contribution in [1.29, 1.82) is 0 Å². The number of amides is 1. The molecule has 3 rings (SSSR count). The largest absolute Gasteiger partial charge is 0.334 e. The van der Waals surface area contributed by atoms with E-state index in [-0.39, 0.29) is 23.1 Å². The fourth-order valence-corrected chi connectivity index (χ4v) is 4.12. The normalized spacial score (nSPS) is 23.2. The van der Waals surface area contributed by atoms with Crippen LogP contribution in [0.2, 0.25) is 0 Å². The third-order valence-corrected chi connectivity index (χ3v) is 5.83. The molecule has 2 atom stereocenters. The number of thiazole rings is 1. The van der Waals surface area contributed by atoms with Gasteiger partial charge in [-0.3, -0.25) is 14.0 Å². The second-order valence-corrected chi connectivity index (χ2v) is 7.21. The Bertz CT molecular complexity index is 709. The summed E-state index contributed by atoms with van der Waals surface area (Å²) in [5.74, 6) is 0.704. The van der Waals surface area contributed by atoms with Crippen LogP contribution in [-0.2, 0) is 0 Å². The van der Waals surface area contributed by atoms with Gasteiger partial charge in [-0.15, -0.1) is 11.3 Å². The number of fused-ring (bicyclic) bond motifs is 1. The predicted octanol–water partition coefficient (Wildman–Crippen LogP) is 1.72. The van der Waals surface area contributed by atoms with Gasteiger partial charge in [0.15, 0.2) is 4.96 Å². The van der Waals surface area contributed by atoms with Gasteiger partial charge in [0.05, 0.1) is 0 Å². The highest BCUT2D eigenvalue weighted by Crippen LogP contribution is 2.25. The summed E-state index contributed by atoms with van der Waals surface area (Å²) >= 11 is 3.24. The van der Waals surface area contributed by atoms with E-state index in [1.165, 1.54) is 21.9 Å². The van der Waals surface area contributed by atoms with Gasteiger partial charge in [0, 0.05) is 41.4 Å². The van der Waals surface area contributed by atoms with Crippen molar-refractivity contribution in [3.05, 3.63) is 33.7 Å². The number of carbonyl (C=O) groups is 1. The van der Waals surface area contributed by atoms with Gasteiger partial charge < -0.3 is 4.90 Å². The number of hydrogen-bond donors (Lipinski definition) is 0. The zero-order chi connectivity index (χ0) is 14.3. The second-order valence-electron chi connectivity index (χ2n) is 4.85. The topological polar surface area (TPSA) is 54.7 Å².